The highest BCUT2D eigenvalue weighted by atomic mass is 32.2. The molecule has 4 aliphatic rings. The maximum atomic E-state index is 11.2. The van der Waals surface area contributed by atoms with Gasteiger partial charge in [0.15, 0.2) is 0 Å². The molecule has 1 unspecified atom stereocenters. The van der Waals surface area contributed by atoms with Crippen LogP contribution in [0.2, 0.25) is 0 Å². The van der Waals surface area contributed by atoms with Crippen molar-refractivity contribution in [3.63, 3.8) is 0 Å². The summed E-state index contributed by atoms with van der Waals surface area (Å²) in [6, 6.07) is -0.0133. The summed E-state index contributed by atoms with van der Waals surface area (Å²) < 4.78 is 25.0. The Balaban J connectivity index is 1.71. The number of nitrogens with one attached hydrogen (secondary N) is 1. The summed E-state index contributed by atoms with van der Waals surface area (Å²) >= 11 is 0. The molecule has 4 bridgehead atoms. The van der Waals surface area contributed by atoms with E-state index in [0.29, 0.717) is 6.54 Å². The second-order valence-electron chi connectivity index (χ2n) is 7.01. The van der Waals surface area contributed by atoms with Gasteiger partial charge in [-0.1, -0.05) is 0 Å². The fourth-order valence-electron chi connectivity index (χ4n) is 5.09. The zero-order valence-electron chi connectivity index (χ0n) is 11.1. The lowest BCUT2D eigenvalue weighted by Crippen LogP contribution is -2.57. The predicted molar refractivity (Wildman–Crippen MR) is 71.4 cm³/mol. The molecule has 0 radical (unpaired) electrons. The highest BCUT2D eigenvalue weighted by molar-refractivity contribution is 7.88. The van der Waals surface area contributed by atoms with Crippen molar-refractivity contribution in [2.45, 2.75) is 44.6 Å². The average molecular weight is 272 g/mol. The van der Waals surface area contributed by atoms with Crippen molar-refractivity contribution in [2.75, 3.05) is 12.8 Å². The molecule has 0 aromatic carbocycles. The van der Waals surface area contributed by atoms with Gasteiger partial charge in [-0.05, 0) is 61.7 Å². The van der Waals surface area contributed by atoms with Gasteiger partial charge in [-0.25, -0.2) is 13.1 Å². The van der Waals surface area contributed by atoms with Crippen molar-refractivity contribution in [2.24, 2.45) is 28.9 Å². The van der Waals surface area contributed by atoms with Crippen molar-refractivity contribution in [1.82, 2.24) is 4.72 Å². The number of sulfonamides is 1. The number of hydrogen-bond donors (Lipinski definition) is 2. The predicted octanol–water partition coefficient (Wildman–Crippen LogP) is 1.08. The molecule has 0 amide bonds. The van der Waals surface area contributed by atoms with Crippen molar-refractivity contribution < 1.29 is 8.42 Å². The summed E-state index contributed by atoms with van der Waals surface area (Å²) in [6.45, 7) is 0.408. The lowest BCUT2D eigenvalue weighted by atomic mass is 9.48. The van der Waals surface area contributed by atoms with E-state index in [0.717, 1.165) is 17.8 Å². The van der Waals surface area contributed by atoms with Crippen LogP contribution in [0.4, 0.5) is 0 Å². The Morgan fingerprint density at radius 1 is 1.17 bits per heavy atom. The van der Waals surface area contributed by atoms with Gasteiger partial charge in [-0.3, -0.25) is 0 Å². The van der Waals surface area contributed by atoms with Gasteiger partial charge in [-0.15, -0.1) is 0 Å². The van der Waals surface area contributed by atoms with E-state index in [4.69, 9.17) is 5.73 Å². The molecular weight excluding hydrogens is 248 g/mol. The first-order chi connectivity index (χ1) is 8.36. The lowest BCUT2D eigenvalue weighted by molar-refractivity contribution is -0.0657. The van der Waals surface area contributed by atoms with E-state index in [2.05, 4.69) is 4.72 Å². The first-order valence-electron chi connectivity index (χ1n) is 7.06. The second kappa shape index (κ2) is 4.18. The van der Waals surface area contributed by atoms with Gasteiger partial charge in [0, 0.05) is 12.6 Å². The summed E-state index contributed by atoms with van der Waals surface area (Å²) in [5.41, 5.74) is 6.58. The van der Waals surface area contributed by atoms with Gasteiger partial charge >= 0.3 is 0 Å². The van der Waals surface area contributed by atoms with Gasteiger partial charge in [-0.2, -0.15) is 0 Å². The van der Waals surface area contributed by atoms with Crippen molar-refractivity contribution in [3.05, 3.63) is 0 Å². The molecule has 3 N–H and O–H groups in total. The van der Waals surface area contributed by atoms with Crippen LogP contribution in [0.15, 0.2) is 0 Å². The fourth-order valence-corrected chi connectivity index (χ4v) is 5.57. The molecule has 0 aliphatic heterocycles. The van der Waals surface area contributed by atoms with Crippen LogP contribution in [0, 0.1) is 23.2 Å². The van der Waals surface area contributed by atoms with Crippen LogP contribution in [0.25, 0.3) is 0 Å². The molecule has 18 heavy (non-hydrogen) atoms. The SMILES string of the molecule is CS(=O)(=O)NCC(N)C12CC3CC(CC(C3)C1)C2. The largest absolute Gasteiger partial charge is 0.326 e. The summed E-state index contributed by atoms with van der Waals surface area (Å²) in [5, 5.41) is 0. The van der Waals surface area contributed by atoms with Gasteiger partial charge in [0.05, 0.1) is 6.26 Å². The van der Waals surface area contributed by atoms with Crippen molar-refractivity contribution in [3.8, 4) is 0 Å². The second-order valence-corrected chi connectivity index (χ2v) is 8.84. The molecule has 0 spiro atoms. The molecular formula is C13H24N2O2S. The maximum absolute atomic E-state index is 11.2. The van der Waals surface area contributed by atoms with Crippen LogP contribution in [-0.2, 0) is 10.0 Å². The van der Waals surface area contributed by atoms with Gasteiger partial charge < -0.3 is 5.73 Å². The Morgan fingerprint density at radius 2 is 1.61 bits per heavy atom. The molecule has 0 heterocycles. The molecule has 4 fully saturated rings. The van der Waals surface area contributed by atoms with E-state index in [9.17, 15) is 8.42 Å². The summed E-state index contributed by atoms with van der Waals surface area (Å²) in [7, 11) is -3.12. The molecule has 4 saturated carbocycles. The highest BCUT2D eigenvalue weighted by Crippen LogP contribution is 2.60. The molecule has 104 valence electrons. The Kier molecular flexibility index (Phi) is 2.99. The number of hydrogen-bond acceptors (Lipinski definition) is 3. The fraction of sp³-hybridized carbons (Fsp3) is 1.00. The normalized spacial score (nSPS) is 44.2. The van der Waals surface area contributed by atoms with E-state index >= 15 is 0 Å². The van der Waals surface area contributed by atoms with Gasteiger partial charge in [0.1, 0.15) is 0 Å². The molecule has 0 saturated heterocycles. The topological polar surface area (TPSA) is 72.2 Å². The summed E-state index contributed by atoms with van der Waals surface area (Å²) in [6.07, 6.45) is 9.07. The minimum atomic E-state index is -3.12. The van der Waals surface area contributed by atoms with Crippen LogP contribution in [-0.4, -0.2) is 27.3 Å². The van der Waals surface area contributed by atoms with Crippen molar-refractivity contribution >= 4 is 10.0 Å². The van der Waals surface area contributed by atoms with Crippen LogP contribution in [0.1, 0.15) is 38.5 Å². The minimum absolute atomic E-state index is 0.0133. The number of nitrogens with two attached hydrogens (primary N) is 1. The van der Waals surface area contributed by atoms with E-state index < -0.39 is 10.0 Å². The molecule has 4 nitrogen and oxygen atoms in total. The molecule has 0 aromatic rings. The quantitative estimate of drug-likeness (QED) is 0.804. The van der Waals surface area contributed by atoms with Crippen LogP contribution < -0.4 is 10.5 Å². The Bertz CT molecular complexity index is 397. The van der Waals surface area contributed by atoms with Gasteiger partial charge in [0.2, 0.25) is 10.0 Å². The van der Waals surface area contributed by atoms with Crippen LogP contribution in [0.5, 0.6) is 0 Å². The highest BCUT2D eigenvalue weighted by Gasteiger charge is 2.53. The lowest BCUT2D eigenvalue weighted by Gasteiger charge is -2.59. The van der Waals surface area contributed by atoms with Crippen LogP contribution in [0.3, 0.4) is 0 Å². The molecule has 4 aliphatic carbocycles. The van der Waals surface area contributed by atoms with E-state index in [-0.39, 0.29) is 11.5 Å². The zero-order chi connectivity index (χ0) is 13.0. The Hall–Kier alpha value is -0.130. The third-order valence-corrected chi connectivity index (χ3v) is 6.13. The molecule has 1 atom stereocenters. The number of rotatable bonds is 4. The monoisotopic (exact) mass is 272 g/mol. The van der Waals surface area contributed by atoms with E-state index in [1.54, 1.807) is 0 Å². The van der Waals surface area contributed by atoms with Crippen molar-refractivity contribution in [1.29, 1.82) is 0 Å². The first kappa shape index (κ1) is 12.9. The molecule has 4 rings (SSSR count). The third kappa shape index (κ3) is 2.32. The summed E-state index contributed by atoms with van der Waals surface area (Å²) in [5.74, 6) is 2.58. The van der Waals surface area contributed by atoms with E-state index in [1.807, 2.05) is 0 Å². The molecule has 0 aromatic heterocycles. The summed E-state index contributed by atoms with van der Waals surface area (Å²) in [4.78, 5) is 0. The van der Waals surface area contributed by atoms with Crippen LogP contribution >= 0.6 is 0 Å². The average Bonchev–Trinajstić information content (AvgIpc) is 2.22. The van der Waals surface area contributed by atoms with E-state index in [1.165, 1.54) is 44.8 Å². The standard InChI is InChI=1S/C13H24N2O2S/c1-18(16,17)15-8-12(14)13-5-9-2-10(6-13)4-11(3-9)7-13/h9-12,15H,2-8,14H2,1H3. The molecule has 5 heteroatoms. The Labute approximate surface area is 110 Å². The zero-order valence-corrected chi connectivity index (χ0v) is 11.9. The smallest absolute Gasteiger partial charge is 0.208 e. The minimum Gasteiger partial charge on any atom is -0.326 e. The van der Waals surface area contributed by atoms with Gasteiger partial charge in [0.25, 0.3) is 0 Å². The first-order valence-corrected chi connectivity index (χ1v) is 8.96. The third-order valence-electron chi connectivity index (χ3n) is 5.44. The Morgan fingerprint density at radius 3 is 2.00 bits per heavy atom. The maximum Gasteiger partial charge on any atom is 0.208 e.